The van der Waals surface area contributed by atoms with Crippen LogP contribution in [0, 0.1) is 0 Å². The second-order valence-corrected chi connectivity index (χ2v) is 5.95. The van der Waals surface area contributed by atoms with Crippen LogP contribution < -0.4 is 5.32 Å². The third-order valence-electron chi connectivity index (χ3n) is 4.57. The van der Waals surface area contributed by atoms with E-state index >= 15 is 0 Å². The molecule has 2 unspecified atom stereocenters. The molecule has 3 rings (SSSR count). The molecule has 0 aliphatic carbocycles. The van der Waals surface area contributed by atoms with Crippen LogP contribution in [0.4, 0.5) is 8.78 Å². The van der Waals surface area contributed by atoms with Crippen LogP contribution >= 0.6 is 0 Å². The summed E-state index contributed by atoms with van der Waals surface area (Å²) in [5, 5.41) is 3.47. The van der Waals surface area contributed by atoms with E-state index < -0.39 is 5.92 Å². The standard InChI is InChI=1S/C16H22F2N2/c17-16(18,13-6-2-1-3-7-13)12-20-11-5-9-15(20)14-8-4-10-19-14/h1-3,6-7,14-15,19H,4-5,8-12H2. The number of nitrogens with zero attached hydrogens (tertiary/aromatic N) is 1. The van der Waals surface area contributed by atoms with E-state index in [1.807, 2.05) is 4.90 Å². The van der Waals surface area contributed by atoms with Gasteiger partial charge >= 0.3 is 0 Å². The Balaban J connectivity index is 1.69. The van der Waals surface area contributed by atoms with E-state index in [1.165, 1.54) is 18.6 Å². The zero-order valence-corrected chi connectivity index (χ0v) is 11.7. The van der Waals surface area contributed by atoms with Gasteiger partial charge in [0.15, 0.2) is 0 Å². The molecular weight excluding hydrogens is 258 g/mol. The van der Waals surface area contributed by atoms with Gasteiger partial charge in [0.2, 0.25) is 0 Å². The summed E-state index contributed by atoms with van der Waals surface area (Å²) in [6.45, 7) is 1.68. The van der Waals surface area contributed by atoms with Gasteiger partial charge in [-0.25, -0.2) is 0 Å². The highest BCUT2D eigenvalue weighted by Gasteiger charge is 2.40. The summed E-state index contributed by atoms with van der Waals surface area (Å²) in [6.07, 6.45) is 4.37. The van der Waals surface area contributed by atoms with Gasteiger partial charge in [-0.15, -0.1) is 0 Å². The van der Waals surface area contributed by atoms with E-state index in [1.54, 1.807) is 18.2 Å². The van der Waals surface area contributed by atoms with Crippen LogP contribution in [0.15, 0.2) is 30.3 Å². The minimum Gasteiger partial charge on any atom is -0.312 e. The second-order valence-electron chi connectivity index (χ2n) is 5.95. The molecule has 1 aromatic rings. The smallest absolute Gasteiger partial charge is 0.285 e. The maximum Gasteiger partial charge on any atom is 0.285 e. The lowest BCUT2D eigenvalue weighted by molar-refractivity contribution is -0.0432. The van der Waals surface area contributed by atoms with Gasteiger partial charge in [0.05, 0.1) is 6.54 Å². The van der Waals surface area contributed by atoms with Crippen molar-refractivity contribution in [2.75, 3.05) is 19.6 Å². The maximum atomic E-state index is 14.4. The summed E-state index contributed by atoms with van der Waals surface area (Å²) in [5.41, 5.74) is 0.130. The van der Waals surface area contributed by atoms with Crippen molar-refractivity contribution in [3.8, 4) is 0 Å². The predicted molar refractivity (Wildman–Crippen MR) is 76.0 cm³/mol. The Kier molecular flexibility index (Phi) is 4.03. The normalized spacial score (nSPS) is 28.1. The number of likely N-dealkylation sites (tertiary alicyclic amines) is 1. The average molecular weight is 280 g/mol. The van der Waals surface area contributed by atoms with Gasteiger partial charge in [0.1, 0.15) is 0 Å². The number of halogens is 2. The summed E-state index contributed by atoms with van der Waals surface area (Å²) in [4.78, 5) is 2.00. The van der Waals surface area contributed by atoms with Crippen molar-refractivity contribution in [1.82, 2.24) is 10.2 Å². The molecule has 1 aromatic carbocycles. The molecule has 20 heavy (non-hydrogen) atoms. The first-order chi connectivity index (χ1) is 9.67. The number of benzene rings is 1. The summed E-state index contributed by atoms with van der Waals surface area (Å²) in [7, 11) is 0. The topological polar surface area (TPSA) is 15.3 Å². The van der Waals surface area contributed by atoms with Crippen LogP contribution in [-0.4, -0.2) is 36.6 Å². The van der Waals surface area contributed by atoms with Crippen molar-refractivity contribution in [2.24, 2.45) is 0 Å². The summed E-state index contributed by atoms with van der Waals surface area (Å²) in [6, 6.07) is 8.89. The van der Waals surface area contributed by atoms with Gasteiger partial charge in [-0.1, -0.05) is 30.3 Å². The molecule has 2 saturated heterocycles. The van der Waals surface area contributed by atoms with Crippen molar-refractivity contribution in [3.05, 3.63) is 35.9 Å². The number of rotatable bonds is 4. The van der Waals surface area contributed by atoms with Crippen LogP contribution in [0.1, 0.15) is 31.2 Å². The monoisotopic (exact) mass is 280 g/mol. The van der Waals surface area contributed by atoms with Gasteiger partial charge in [-0.05, 0) is 38.8 Å². The van der Waals surface area contributed by atoms with E-state index in [4.69, 9.17) is 0 Å². The summed E-state index contributed by atoms with van der Waals surface area (Å²) >= 11 is 0. The molecule has 0 bridgehead atoms. The maximum absolute atomic E-state index is 14.4. The molecule has 0 aromatic heterocycles. The van der Waals surface area contributed by atoms with Crippen LogP contribution in [0.25, 0.3) is 0 Å². The Labute approximate surface area is 119 Å². The predicted octanol–water partition coefficient (Wildman–Crippen LogP) is 2.99. The van der Waals surface area contributed by atoms with Crippen molar-refractivity contribution in [1.29, 1.82) is 0 Å². The molecule has 2 aliphatic heterocycles. The molecule has 2 aliphatic rings. The molecule has 0 spiro atoms. The van der Waals surface area contributed by atoms with Crippen LogP contribution in [-0.2, 0) is 5.92 Å². The third kappa shape index (κ3) is 2.86. The van der Waals surface area contributed by atoms with Gasteiger partial charge in [0.25, 0.3) is 5.92 Å². The molecular formula is C16H22F2N2. The lowest BCUT2D eigenvalue weighted by atomic mass is 10.0. The van der Waals surface area contributed by atoms with Crippen molar-refractivity contribution in [2.45, 2.75) is 43.7 Å². The fourth-order valence-corrected chi connectivity index (χ4v) is 3.57. The molecule has 2 nitrogen and oxygen atoms in total. The second kappa shape index (κ2) is 5.78. The summed E-state index contributed by atoms with van der Waals surface area (Å²) in [5.74, 6) is -2.76. The SMILES string of the molecule is FC(F)(CN1CCCC1C1CCCN1)c1ccccc1. The van der Waals surface area contributed by atoms with Crippen LogP contribution in [0.3, 0.4) is 0 Å². The Morgan fingerprint density at radius 1 is 1.15 bits per heavy atom. The molecule has 0 radical (unpaired) electrons. The Hall–Kier alpha value is -1.00. The highest BCUT2D eigenvalue weighted by atomic mass is 19.3. The van der Waals surface area contributed by atoms with E-state index in [0.29, 0.717) is 6.04 Å². The zero-order chi connectivity index (χ0) is 14.0. The van der Waals surface area contributed by atoms with Gasteiger partial charge in [0, 0.05) is 17.6 Å². The van der Waals surface area contributed by atoms with Crippen molar-refractivity contribution >= 4 is 0 Å². The Morgan fingerprint density at radius 3 is 2.65 bits per heavy atom. The molecule has 1 N–H and O–H groups in total. The number of alkyl halides is 2. The van der Waals surface area contributed by atoms with Gasteiger partial charge in [-0.2, -0.15) is 8.78 Å². The lowest BCUT2D eigenvalue weighted by Crippen LogP contribution is -2.47. The minimum atomic E-state index is -2.76. The average Bonchev–Trinajstić information content (AvgIpc) is 3.10. The number of nitrogens with one attached hydrogen (secondary N) is 1. The first-order valence-electron chi connectivity index (χ1n) is 7.57. The fraction of sp³-hybridized carbons (Fsp3) is 0.625. The molecule has 0 amide bonds. The molecule has 110 valence electrons. The largest absolute Gasteiger partial charge is 0.312 e. The number of hydrogen-bond donors (Lipinski definition) is 1. The fourth-order valence-electron chi connectivity index (χ4n) is 3.57. The van der Waals surface area contributed by atoms with E-state index in [0.717, 1.165) is 32.4 Å². The van der Waals surface area contributed by atoms with Crippen LogP contribution in [0.5, 0.6) is 0 Å². The van der Waals surface area contributed by atoms with Gasteiger partial charge < -0.3 is 5.32 Å². The van der Waals surface area contributed by atoms with Crippen molar-refractivity contribution in [3.63, 3.8) is 0 Å². The first kappa shape index (κ1) is 14.0. The Morgan fingerprint density at radius 2 is 1.95 bits per heavy atom. The molecule has 4 heteroatoms. The molecule has 2 atom stereocenters. The number of hydrogen-bond acceptors (Lipinski definition) is 2. The molecule has 2 fully saturated rings. The lowest BCUT2D eigenvalue weighted by Gasteiger charge is -2.32. The summed E-state index contributed by atoms with van der Waals surface area (Å²) < 4.78 is 28.8. The first-order valence-corrected chi connectivity index (χ1v) is 7.57. The third-order valence-corrected chi connectivity index (χ3v) is 4.57. The highest BCUT2D eigenvalue weighted by Crippen LogP contribution is 2.33. The van der Waals surface area contributed by atoms with E-state index in [2.05, 4.69) is 5.32 Å². The molecule has 2 heterocycles. The minimum absolute atomic E-state index is 0.130. The van der Waals surface area contributed by atoms with Crippen molar-refractivity contribution < 1.29 is 8.78 Å². The van der Waals surface area contributed by atoms with Gasteiger partial charge in [-0.3, -0.25) is 4.90 Å². The van der Waals surface area contributed by atoms with E-state index in [-0.39, 0.29) is 18.2 Å². The Bertz CT molecular complexity index is 429. The van der Waals surface area contributed by atoms with Crippen LogP contribution in [0.2, 0.25) is 0 Å². The zero-order valence-electron chi connectivity index (χ0n) is 11.7. The quantitative estimate of drug-likeness (QED) is 0.912. The molecule has 0 saturated carbocycles. The van der Waals surface area contributed by atoms with E-state index in [9.17, 15) is 8.78 Å². The highest BCUT2D eigenvalue weighted by molar-refractivity contribution is 5.20.